The van der Waals surface area contributed by atoms with Crippen LogP contribution < -0.4 is 5.32 Å². The van der Waals surface area contributed by atoms with E-state index in [1.165, 1.54) is 6.92 Å². The number of ketones is 1. The summed E-state index contributed by atoms with van der Waals surface area (Å²) in [6.07, 6.45) is 0. The highest BCUT2D eigenvalue weighted by atomic mass is 16.4. The standard InChI is InChI=1S/C12H15NO3/c1-3-13-12(2,11(15)16)10(14)9-7-5-4-6-8-9/h4-8,13H,3H2,1-2H3,(H,15,16). The van der Waals surface area contributed by atoms with Crippen molar-refractivity contribution in [3.63, 3.8) is 0 Å². The van der Waals surface area contributed by atoms with Crippen LogP contribution in [-0.4, -0.2) is 28.9 Å². The molecule has 0 aliphatic heterocycles. The van der Waals surface area contributed by atoms with Gasteiger partial charge in [0.25, 0.3) is 0 Å². The van der Waals surface area contributed by atoms with Gasteiger partial charge < -0.3 is 5.11 Å². The zero-order chi connectivity index (χ0) is 12.2. The predicted octanol–water partition coefficient (Wildman–Crippen LogP) is 1.32. The van der Waals surface area contributed by atoms with Crippen LogP contribution in [0.25, 0.3) is 0 Å². The number of likely N-dealkylation sites (N-methyl/N-ethyl adjacent to an activating group) is 1. The number of carboxylic acids is 1. The molecule has 4 heteroatoms. The Bertz CT molecular complexity index is 389. The molecule has 1 atom stereocenters. The number of hydrogen-bond donors (Lipinski definition) is 2. The van der Waals surface area contributed by atoms with Crippen molar-refractivity contribution in [1.29, 1.82) is 0 Å². The lowest BCUT2D eigenvalue weighted by molar-refractivity contribution is -0.141. The Balaban J connectivity index is 3.06. The molecule has 1 rings (SSSR count). The summed E-state index contributed by atoms with van der Waals surface area (Å²) >= 11 is 0. The van der Waals surface area contributed by atoms with Crippen molar-refractivity contribution in [3.05, 3.63) is 35.9 Å². The summed E-state index contributed by atoms with van der Waals surface area (Å²) in [5.74, 6) is -1.59. The van der Waals surface area contributed by atoms with Gasteiger partial charge in [0.2, 0.25) is 0 Å². The van der Waals surface area contributed by atoms with Crippen molar-refractivity contribution in [2.24, 2.45) is 0 Å². The van der Waals surface area contributed by atoms with E-state index in [1.807, 2.05) is 0 Å². The average molecular weight is 221 g/mol. The van der Waals surface area contributed by atoms with Crippen LogP contribution in [0.3, 0.4) is 0 Å². The highest BCUT2D eigenvalue weighted by Crippen LogP contribution is 2.13. The van der Waals surface area contributed by atoms with Gasteiger partial charge in [0.1, 0.15) is 0 Å². The highest BCUT2D eigenvalue weighted by molar-refractivity contribution is 6.15. The van der Waals surface area contributed by atoms with Gasteiger partial charge in [0, 0.05) is 5.56 Å². The first-order valence-electron chi connectivity index (χ1n) is 5.10. The Morgan fingerprint density at radius 1 is 1.31 bits per heavy atom. The minimum Gasteiger partial charge on any atom is -0.480 e. The van der Waals surface area contributed by atoms with Crippen LogP contribution in [0.2, 0.25) is 0 Å². The molecule has 0 saturated carbocycles. The number of nitrogens with one attached hydrogen (secondary N) is 1. The minimum atomic E-state index is -1.56. The van der Waals surface area contributed by atoms with E-state index in [4.69, 9.17) is 5.11 Å². The van der Waals surface area contributed by atoms with Crippen LogP contribution in [0.4, 0.5) is 0 Å². The van der Waals surface area contributed by atoms with Gasteiger partial charge in [-0.15, -0.1) is 0 Å². The first kappa shape index (κ1) is 12.4. The van der Waals surface area contributed by atoms with Gasteiger partial charge in [0.15, 0.2) is 11.3 Å². The number of rotatable bonds is 5. The Kier molecular flexibility index (Phi) is 3.79. The number of carbonyl (C=O) groups is 2. The molecular formula is C12H15NO3. The lowest BCUT2D eigenvalue weighted by Gasteiger charge is -2.24. The fourth-order valence-electron chi connectivity index (χ4n) is 1.48. The third kappa shape index (κ3) is 2.28. The Morgan fingerprint density at radius 2 is 1.88 bits per heavy atom. The zero-order valence-electron chi connectivity index (χ0n) is 9.36. The molecule has 0 spiro atoms. The first-order valence-corrected chi connectivity index (χ1v) is 5.10. The normalized spacial score (nSPS) is 14.1. The summed E-state index contributed by atoms with van der Waals surface area (Å²) in [5.41, 5.74) is -1.16. The topological polar surface area (TPSA) is 66.4 Å². The van der Waals surface area contributed by atoms with E-state index in [-0.39, 0.29) is 0 Å². The molecule has 0 saturated heterocycles. The van der Waals surface area contributed by atoms with E-state index in [1.54, 1.807) is 37.3 Å². The largest absolute Gasteiger partial charge is 0.480 e. The van der Waals surface area contributed by atoms with Gasteiger partial charge >= 0.3 is 5.97 Å². The van der Waals surface area contributed by atoms with Crippen molar-refractivity contribution in [1.82, 2.24) is 5.32 Å². The van der Waals surface area contributed by atoms with Gasteiger partial charge in [-0.05, 0) is 13.5 Å². The second kappa shape index (κ2) is 4.90. The smallest absolute Gasteiger partial charge is 0.331 e. The molecule has 0 bridgehead atoms. The van der Waals surface area contributed by atoms with E-state index in [9.17, 15) is 9.59 Å². The Hall–Kier alpha value is -1.68. The molecule has 16 heavy (non-hydrogen) atoms. The number of aliphatic carboxylic acids is 1. The minimum absolute atomic E-state index is 0.397. The van der Waals surface area contributed by atoms with Gasteiger partial charge in [-0.25, -0.2) is 4.79 Å². The van der Waals surface area contributed by atoms with Crippen molar-refractivity contribution in [2.45, 2.75) is 19.4 Å². The van der Waals surface area contributed by atoms with E-state index >= 15 is 0 Å². The van der Waals surface area contributed by atoms with Crippen molar-refractivity contribution in [2.75, 3.05) is 6.54 Å². The molecule has 1 aromatic rings. The van der Waals surface area contributed by atoms with Gasteiger partial charge in [-0.2, -0.15) is 0 Å². The number of carboxylic acid groups (broad SMARTS) is 1. The number of carbonyl (C=O) groups excluding carboxylic acids is 1. The molecule has 2 N–H and O–H groups in total. The molecular weight excluding hydrogens is 206 g/mol. The van der Waals surface area contributed by atoms with Crippen molar-refractivity contribution in [3.8, 4) is 0 Å². The molecule has 0 aliphatic rings. The highest BCUT2D eigenvalue weighted by Gasteiger charge is 2.40. The maximum Gasteiger partial charge on any atom is 0.331 e. The molecule has 0 heterocycles. The molecule has 4 nitrogen and oxygen atoms in total. The summed E-state index contributed by atoms with van der Waals surface area (Å²) < 4.78 is 0. The molecule has 0 radical (unpaired) electrons. The van der Waals surface area contributed by atoms with Gasteiger partial charge in [0.05, 0.1) is 0 Å². The predicted molar refractivity (Wildman–Crippen MR) is 60.5 cm³/mol. The quantitative estimate of drug-likeness (QED) is 0.581. The van der Waals surface area contributed by atoms with E-state index < -0.39 is 17.3 Å². The lowest BCUT2D eigenvalue weighted by Crippen LogP contribution is -2.55. The Labute approximate surface area is 94.3 Å². The van der Waals surface area contributed by atoms with E-state index in [0.717, 1.165) is 0 Å². The maximum absolute atomic E-state index is 12.1. The van der Waals surface area contributed by atoms with Crippen molar-refractivity contribution >= 4 is 11.8 Å². The number of hydrogen-bond acceptors (Lipinski definition) is 3. The molecule has 0 aromatic heterocycles. The van der Waals surface area contributed by atoms with Crippen molar-refractivity contribution < 1.29 is 14.7 Å². The van der Waals surface area contributed by atoms with Crippen LogP contribution in [0.1, 0.15) is 24.2 Å². The summed E-state index contributed by atoms with van der Waals surface area (Å²) in [5, 5.41) is 11.8. The fourth-order valence-corrected chi connectivity index (χ4v) is 1.48. The van der Waals surface area contributed by atoms with Crippen LogP contribution in [0.15, 0.2) is 30.3 Å². The fraction of sp³-hybridized carbons (Fsp3) is 0.333. The van der Waals surface area contributed by atoms with Crippen LogP contribution in [-0.2, 0) is 4.79 Å². The van der Waals surface area contributed by atoms with Crippen LogP contribution in [0, 0.1) is 0 Å². The molecule has 1 unspecified atom stereocenters. The summed E-state index contributed by atoms with van der Waals surface area (Å²) in [4.78, 5) is 23.2. The summed E-state index contributed by atoms with van der Waals surface area (Å²) in [7, 11) is 0. The zero-order valence-corrected chi connectivity index (χ0v) is 9.36. The Morgan fingerprint density at radius 3 is 2.31 bits per heavy atom. The first-order chi connectivity index (χ1) is 7.52. The second-order valence-electron chi connectivity index (χ2n) is 3.66. The lowest BCUT2D eigenvalue weighted by atomic mass is 9.91. The summed E-state index contributed by atoms with van der Waals surface area (Å²) in [6, 6.07) is 8.42. The third-order valence-electron chi connectivity index (χ3n) is 2.45. The monoisotopic (exact) mass is 221 g/mol. The SMILES string of the molecule is CCNC(C)(C(=O)O)C(=O)c1ccccc1. The average Bonchev–Trinajstić information content (AvgIpc) is 2.29. The molecule has 86 valence electrons. The van der Waals surface area contributed by atoms with Gasteiger partial charge in [-0.3, -0.25) is 10.1 Å². The molecule has 0 amide bonds. The molecule has 0 aliphatic carbocycles. The molecule has 1 aromatic carbocycles. The van der Waals surface area contributed by atoms with Crippen LogP contribution in [0.5, 0.6) is 0 Å². The van der Waals surface area contributed by atoms with Crippen LogP contribution >= 0.6 is 0 Å². The number of Topliss-reactive ketones (excluding diaryl/α,β-unsaturated/α-hetero) is 1. The number of benzene rings is 1. The van der Waals surface area contributed by atoms with E-state index in [0.29, 0.717) is 12.1 Å². The third-order valence-corrected chi connectivity index (χ3v) is 2.45. The van der Waals surface area contributed by atoms with Gasteiger partial charge in [-0.1, -0.05) is 37.3 Å². The molecule has 0 fully saturated rings. The maximum atomic E-state index is 12.1. The summed E-state index contributed by atoms with van der Waals surface area (Å²) in [6.45, 7) is 3.56. The second-order valence-corrected chi connectivity index (χ2v) is 3.66. The van der Waals surface area contributed by atoms with E-state index in [2.05, 4.69) is 5.32 Å².